The van der Waals surface area contributed by atoms with E-state index in [-0.39, 0.29) is 5.04 Å². The molecule has 0 aliphatic carbocycles. The van der Waals surface area contributed by atoms with Crippen molar-refractivity contribution >= 4 is 8.32 Å². The molecule has 20 heavy (non-hydrogen) atoms. The molecule has 0 aromatic rings. The fourth-order valence-electron chi connectivity index (χ4n) is 1.49. The zero-order valence-corrected chi connectivity index (χ0v) is 15.9. The van der Waals surface area contributed by atoms with Crippen molar-refractivity contribution in [3.05, 3.63) is 11.6 Å². The minimum atomic E-state index is -1.63. The van der Waals surface area contributed by atoms with Gasteiger partial charge in [-0.1, -0.05) is 45.3 Å². The van der Waals surface area contributed by atoms with Crippen molar-refractivity contribution in [2.75, 3.05) is 6.61 Å². The van der Waals surface area contributed by atoms with Crippen LogP contribution in [0.25, 0.3) is 0 Å². The van der Waals surface area contributed by atoms with Crippen LogP contribution in [-0.4, -0.2) is 14.9 Å². The molecule has 0 saturated carbocycles. The molecule has 0 aliphatic heterocycles. The van der Waals surface area contributed by atoms with Gasteiger partial charge in [-0.05, 0) is 50.7 Å². The molecule has 0 radical (unpaired) electrons. The highest BCUT2D eigenvalue weighted by atomic mass is 28.4. The van der Waals surface area contributed by atoms with E-state index in [9.17, 15) is 0 Å². The van der Waals surface area contributed by atoms with Gasteiger partial charge in [-0.15, -0.1) is 5.92 Å². The Kier molecular flexibility index (Phi) is 8.47. The van der Waals surface area contributed by atoms with Crippen LogP contribution in [0, 0.1) is 17.8 Å². The van der Waals surface area contributed by atoms with Crippen LogP contribution < -0.4 is 0 Å². The predicted octanol–water partition coefficient (Wildman–Crippen LogP) is 5.78. The molecule has 0 amide bonds. The van der Waals surface area contributed by atoms with Gasteiger partial charge in [0, 0.05) is 6.42 Å². The Morgan fingerprint density at radius 3 is 2.30 bits per heavy atom. The van der Waals surface area contributed by atoms with E-state index in [1.165, 1.54) is 18.4 Å². The molecule has 0 aromatic heterocycles. The predicted molar refractivity (Wildman–Crippen MR) is 93.4 cm³/mol. The molecule has 1 unspecified atom stereocenters. The molecule has 1 atom stereocenters. The summed E-state index contributed by atoms with van der Waals surface area (Å²) >= 11 is 0. The number of hydrogen-bond donors (Lipinski definition) is 0. The summed E-state index contributed by atoms with van der Waals surface area (Å²) in [4.78, 5) is 0. The smallest absolute Gasteiger partial charge is 0.193 e. The molecule has 0 aliphatic rings. The van der Waals surface area contributed by atoms with Crippen molar-refractivity contribution in [2.45, 2.75) is 78.9 Å². The van der Waals surface area contributed by atoms with Crippen LogP contribution >= 0.6 is 0 Å². The minimum Gasteiger partial charge on any atom is -0.406 e. The summed E-state index contributed by atoms with van der Waals surface area (Å²) in [6, 6.07) is 0. The molecule has 0 saturated heterocycles. The molecule has 0 fully saturated rings. The summed E-state index contributed by atoms with van der Waals surface area (Å²) < 4.78 is 6.04. The second-order valence-corrected chi connectivity index (χ2v) is 12.4. The highest BCUT2D eigenvalue weighted by molar-refractivity contribution is 6.74. The Morgan fingerprint density at radius 1 is 1.20 bits per heavy atom. The van der Waals surface area contributed by atoms with E-state index in [1.54, 1.807) is 0 Å². The molecule has 0 bridgehead atoms. The van der Waals surface area contributed by atoms with Crippen LogP contribution in [-0.2, 0) is 4.43 Å². The lowest BCUT2D eigenvalue weighted by Gasteiger charge is -2.35. The molecule has 116 valence electrons. The number of hydrogen-bond acceptors (Lipinski definition) is 1. The number of allylic oxidation sites excluding steroid dienone is 2. The second kappa shape index (κ2) is 8.69. The summed E-state index contributed by atoms with van der Waals surface area (Å²) in [5.41, 5.74) is 1.41. The monoisotopic (exact) mass is 294 g/mol. The quantitative estimate of drug-likeness (QED) is 0.342. The average molecular weight is 295 g/mol. The largest absolute Gasteiger partial charge is 0.406 e. The maximum Gasteiger partial charge on any atom is 0.193 e. The maximum atomic E-state index is 6.04. The summed E-state index contributed by atoms with van der Waals surface area (Å²) in [7, 11) is -1.63. The average Bonchev–Trinajstić information content (AvgIpc) is 2.26. The fourth-order valence-corrected chi connectivity index (χ4v) is 2.36. The Balaban J connectivity index is 3.97. The van der Waals surface area contributed by atoms with Gasteiger partial charge in [0.1, 0.15) is 0 Å². The van der Waals surface area contributed by atoms with E-state index in [0.717, 1.165) is 6.42 Å². The summed E-state index contributed by atoms with van der Waals surface area (Å²) in [6.07, 6.45) is 5.69. The van der Waals surface area contributed by atoms with E-state index in [1.807, 2.05) is 0 Å². The highest BCUT2D eigenvalue weighted by Crippen LogP contribution is 2.36. The van der Waals surface area contributed by atoms with E-state index in [2.05, 4.69) is 72.6 Å². The lowest BCUT2D eigenvalue weighted by atomic mass is 10.0. The summed E-state index contributed by atoms with van der Waals surface area (Å²) in [5.74, 6) is 7.14. The van der Waals surface area contributed by atoms with E-state index < -0.39 is 8.32 Å². The number of rotatable bonds is 6. The summed E-state index contributed by atoms with van der Waals surface area (Å²) in [5, 5.41) is 0.270. The normalized spacial score (nSPS) is 13.4. The third kappa shape index (κ3) is 8.61. The third-order valence-corrected chi connectivity index (χ3v) is 8.58. The Labute approximate surface area is 128 Å². The van der Waals surface area contributed by atoms with Crippen LogP contribution in [0.5, 0.6) is 0 Å². The Morgan fingerprint density at radius 2 is 1.80 bits per heavy atom. The highest BCUT2D eigenvalue weighted by Gasteiger charge is 2.36. The van der Waals surface area contributed by atoms with Gasteiger partial charge in [-0.2, -0.15) is 0 Å². The first-order valence-corrected chi connectivity index (χ1v) is 10.7. The van der Waals surface area contributed by atoms with Crippen molar-refractivity contribution < 1.29 is 4.43 Å². The first kappa shape index (κ1) is 19.5. The zero-order chi connectivity index (χ0) is 15.8. The van der Waals surface area contributed by atoms with Gasteiger partial charge in [-0.25, -0.2) is 0 Å². The van der Waals surface area contributed by atoms with Gasteiger partial charge in [-0.3, -0.25) is 0 Å². The molecule has 0 aromatic carbocycles. The standard InChI is InChI=1S/C18H34OSi/c1-16(2)12-11-14-17(3)13-9-10-15-19-20(7,8)18(4,5)6/h12,17H,11,13-15H2,1-8H3. The van der Waals surface area contributed by atoms with Crippen molar-refractivity contribution in [1.29, 1.82) is 0 Å². The van der Waals surface area contributed by atoms with Crippen LogP contribution in [0.15, 0.2) is 11.6 Å². The zero-order valence-electron chi connectivity index (χ0n) is 14.9. The molecule has 1 nitrogen and oxygen atoms in total. The van der Waals surface area contributed by atoms with E-state index in [0.29, 0.717) is 12.5 Å². The van der Waals surface area contributed by atoms with Crippen molar-refractivity contribution in [2.24, 2.45) is 5.92 Å². The minimum absolute atomic E-state index is 0.270. The molecule has 2 heteroatoms. The molecule has 0 heterocycles. The third-order valence-electron chi connectivity index (χ3n) is 4.10. The molecule has 0 rings (SSSR count). The van der Waals surface area contributed by atoms with Gasteiger partial charge in [0.25, 0.3) is 0 Å². The SMILES string of the molecule is CC(C)=CCCC(C)CC#CCO[Si](C)(C)C(C)(C)C. The van der Waals surface area contributed by atoms with Gasteiger partial charge < -0.3 is 4.43 Å². The second-order valence-electron chi connectivity index (χ2n) is 7.57. The Hall–Kier alpha value is -0.523. The Bertz CT molecular complexity index is 359. The first-order valence-electron chi connectivity index (χ1n) is 7.79. The van der Waals surface area contributed by atoms with Crippen LogP contribution in [0.3, 0.4) is 0 Å². The lowest BCUT2D eigenvalue weighted by Crippen LogP contribution is -2.40. The molecular weight excluding hydrogens is 260 g/mol. The van der Waals surface area contributed by atoms with Gasteiger partial charge >= 0.3 is 0 Å². The van der Waals surface area contributed by atoms with E-state index in [4.69, 9.17) is 4.43 Å². The maximum absolute atomic E-state index is 6.04. The van der Waals surface area contributed by atoms with Gasteiger partial charge in [0.05, 0.1) is 6.61 Å². The topological polar surface area (TPSA) is 9.23 Å². The van der Waals surface area contributed by atoms with Crippen molar-refractivity contribution in [1.82, 2.24) is 0 Å². The van der Waals surface area contributed by atoms with Crippen molar-refractivity contribution in [3.63, 3.8) is 0 Å². The molecular formula is C18H34OSi. The lowest BCUT2D eigenvalue weighted by molar-refractivity contribution is 0.334. The van der Waals surface area contributed by atoms with Crippen LogP contribution in [0.1, 0.15) is 60.8 Å². The van der Waals surface area contributed by atoms with Crippen LogP contribution in [0.2, 0.25) is 18.1 Å². The fraction of sp³-hybridized carbons (Fsp3) is 0.778. The summed E-state index contributed by atoms with van der Waals surface area (Å²) in [6.45, 7) is 18.5. The van der Waals surface area contributed by atoms with E-state index >= 15 is 0 Å². The molecule has 0 spiro atoms. The van der Waals surface area contributed by atoms with Crippen molar-refractivity contribution in [3.8, 4) is 11.8 Å². The first-order chi connectivity index (χ1) is 9.06. The van der Waals surface area contributed by atoms with Gasteiger partial charge in [0.15, 0.2) is 8.32 Å². The van der Waals surface area contributed by atoms with Crippen LogP contribution in [0.4, 0.5) is 0 Å². The molecule has 0 N–H and O–H groups in total. The van der Waals surface area contributed by atoms with Gasteiger partial charge in [0.2, 0.25) is 0 Å².